The minimum absolute atomic E-state index is 0. The van der Waals surface area contributed by atoms with Crippen molar-refractivity contribution in [2.75, 3.05) is 0 Å². The van der Waals surface area contributed by atoms with E-state index in [0.717, 1.165) is 12.8 Å². The summed E-state index contributed by atoms with van der Waals surface area (Å²) < 4.78 is 0. The normalized spacial score (nSPS) is 7.13. The molecule has 0 saturated heterocycles. The molecular formula is C9H17Cl2NO2Ti. The van der Waals surface area contributed by atoms with Crippen molar-refractivity contribution in [3.05, 3.63) is 37.9 Å². The van der Waals surface area contributed by atoms with Crippen molar-refractivity contribution in [2.24, 2.45) is 0 Å². The summed E-state index contributed by atoms with van der Waals surface area (Å²) in [5, 5.41) is 0. The van der Waals surface area contributed by atoms with Gasteiger partial charge in [-0.05, 0) is 12.1 Å². The molecule has 0 atom stereocenters. The molecule has 0 fully saturated rings. The number of hydrogen-bond donors (Lipinski definition) is 1. The van der Waals surface area contributed by atoms with Crippen LogP contribution in [-0.2, 0) is 21.7 Å². The molecule has 0 amide bonds. The van der Waals surface area contributed by atoms with Crippen molar-refractivity contribution in [3.8, 4) is 0 Å². The quantitative estimate of drug-likeness (QED) is 0.427. The Balaban J connectivity index is -0.0000000667. The molecule has 88 valence electrons. The van der Waals surface area contributed by atoms with Crippen molar-refractivity contribution >= 4 is 0 Å². The van der Waals surface area contributed by atoms with Gasteiger partial charge in [-0.1, -0.05) is 5.92 Å². The first-order valence-electron chi connectivity index (χ1n) is 3.60. The largest absolute Gasteiger partial charge is 4.00 e. The first-order chi connectivity index (χ1) is 4.88. The maximum absolute atomic E-state index is 3.85. The average molecular weight is 290 g/mol. The fourth-order valence-corrected chi connectivity index (χ4v) is 1.05. The topological polar surface area (TPSA) is 78.8 Å². The molecule has 0 aliphatic carbocycles. The number of H-pyrrole nitrogens is 1. The van der Waals surface area contributed by atoms with Crippen LogP contribution in [0.5, 0.6) is 0 Å². The number of rotatable bonds is 3. The van der Waals surface area contributed by atoms with Crippen molar-refractivity contribution in [3.63, 3.8) is 0 Å². The van der Waals surface area contributed by atoms with Gasteiger partial charge in [0.25, 0.3) is 0 Å². The van der Waals surface area contributed by atoms with E-state index in [1.165, 1.54) is 5.69 Å². The summed E-state index contributed by atoms with van der Waals surface area (Å²) in [6, 6.07) is 4.09. The zero-order valence-corrected chi connectivity index (χ0v) is 11.5. The van der Waals surface area contributed by atoms with E-state index in [4.69, 9.17) is 0 Å². The second-order valence-corrected chi connectivity index (χ2v) is 2.40. The van der Waals surface area contributed by atoms with Gasteiger partial charge in [0.15, 0.2) is 0 Å². The van der Waals surface area contributed by atoms with E-state index in [9.17, 15) is 0 Å². The molecule has 0 saturated carbocycles. The van der Waals surface area contributed by atoms with Crippen molar-refractivity contribution in [1.82, 2.24) is 4.98 Å². The summed E-state index contributed by atoms with van der Waals surface area (Å²) >= 11 is 0. The summed E-state index contributed by atoms with van der Waals surface area (Å²) in [5.74, 6) is 0.509. The van der Waals surface area contributed by atoms with Gasteiger partial charge < -0.3 is 54.6 Å². The fourth-order valence-electron chi connectivity index (χ4n) is 1.05. The SMILES string of the molecule is O.O.[CH2-]CC(C[CH2-])c1ccc[nH]1.[Cl-].[Cl-].[Ti+4]. The third-order valence-electron chi connectivity index (χ3n) is 1.76. The van der Waals surface area contributed by atoms with Gasteiger partial charge in [-0.15, -0.1) is 0 Å². The van der Waals surface area contributed by atoms with Gasteiger partial charge in [0.1, 0.15) is 0 Å². The van der Waals surface area contributed by atoms with Crippen molar-refractivity contribution < 1.29 is 57.5 Å². The number of hydrogen-bond acceptors (Lipinski definition) is 0. The monoisotopic (exact) mass is 289 g/mol. The summed E-state index contributed by atoms with van der Waals surface area (Å²) in [5.41, 5.74) is 1.25. The number of aromatic amines is 1. The molecular weight excluding hydrogens is 273 g/mol. The first-order valence-corrected chi connectivity index (χ1v) is 3.60. The van der Waals surface area contributed by atoms with Crippen LogP contribution in [0, 0.1) is 13.8 Å². The van der Waals surface area contributed by atoms with Crippen LogP contribution in [0.3, 0.4) is 0 Å². The van der Waals surface area contributed by atoms with Gasteiger partial charge in [-0.3, -0.25) is 0 Å². The van der Waals surface area contributed by atoms with Gasteiger partial charge in [0.05, 0.1) is 0 Å². The number of halogens is 2. The second kappa shape index (κ2) is 16.9. The molecule has 1 rings (SSSR count). The van der Waals surface area contributed by atoms with Crippen LogP contribution in [0.1, 0.15) is 24.5 Å². The molecule has 5 N–H and O–H groups in total. The maximum Gasteiger partial charge on any atom is 4.00 e. The summed E-state index contributed by atoms with van der Waals surface area (Å²) in [7, 11) is 0. The van der Waals surface area contributed by atoms with Crippen LogP contribution in [0.15, 0.2) is 18.3 Å². The van der Waals surface area contributed by atoms with Crippen LogP contribution < -0.4 is 24.8 Å². The van der Waals surface area contributed by atoms with Crippen molar-refractivity contribution in [2.45, 2.75) is 18.8 Å². The van der Waals surface area contributed by atoms with E-state index in [1.807, 2.05) is 12.3 Å². The number of aromatic nitrogens is 1. The van der Waals surface area contributed by atoms with Gasteiger partial charge in [-0.2, -0.15) is 12.8 Å². The van der Waals surface area contributed by atoms with E-state index in [2.05, 4.69) is 24.9 Å². The van der Waals surface area contributed by atoms with Crippen LogP contribution in [-0.4, -0.2) is 15.9 Å². The van der Waals surface area contributed by atoms with Crippen LogP contribution >= 0.6 is 0 Å². The Labute approximate surface area is 119 Å². The van der Waals surface area contributed by atoms with Crippen molar-refractivity contribution in [1.29, 1.82) is 0 Å². The molecule has 0 radical (unpaired) electrons. The van der Waals surface area contributed by atoms with Crippen LogP contribution in [0.25, 0.3) is 0 Å². The van der Waals surface area contributed by atoms with Crippen LogP contribution in [0.2, 0.25) is 0 Å². The minimum atomic E-state index is 0. The van der Waals surface area contributed by atoms with Gasteiger partial charge >= 0.3 is 21.7 Å². The average Bonchev–Trinajstić information content (AvgIpc) is 2.43. The Bertz CT molecular complexity index is 182. The standard InChI is InChI=1S/C9H13N.2ClH.2H2O.Ti/c1-3-8(4-2)9-6-5-7-10-9;;;;;/h5-8,10H,1-4H2;2*1H;2*1H2;/q-2;;;;;+4/p-2. The molecule has 1 heterocycles. The van der Waals surface area contributed by atoms with E-state index >= 15 is 0 Å². The molecule has 3 nitrogen and oxygen atoms in total. The first kappa shape index (κ1) is 29.6. The second-order valence-electron chi connectivity index (χ2n) is 2.40. The maximum atomic E-state index is 3.85. The van der Waals surface area contributed by atoms with E-state index < -0.39 is 0 Å². The van der Waals surface area contributed by atoms with E-state index in [-0.39, 0.29) is 57.5 Å². The third-order valence-corrected chi connectivity index (χ3v) is 1.76. The summed E-state index contributed by atoms with van der Waals surface area (Å²) in [6.07, 6.45) is 3.78. The zero-order chi connectivity index (χ0) is 7.40. The van der Waals surface area contributed by atoms with E-state index in [1.54, 1.807) is 0 Å². The molecule has 6 heteroatoms. The number of nitrogens with one attached hydrogen (secondary N) is 1. The molecule has 15 heavy (non-hydrogen) atoms. The molecule has 1 aromatic rings. The molecule has 0 aliphatic rings. The molecule has 0 bridgehead atoms. The molecule has 0 spiro atoms. The smallest absolute Gasteiger partial charge is 1.00 e. The predicted molar refractivity (Wildman–Crippen MR) is 50.7 cm³/mol. The predicted octanol–water partition coefficient (Wildman–Crippen LogP) is -5.10. The summed E-state index contributed by atoms with van der Waals surface area (Å²) in [4.78, 5) is 3.16. The Hall–Kier alpha value is 0.494. The van der Waals surface area contributed by atoms with Crippen LogP contribution in [0.4, 0.5) is 0 Å². The minimum Gasteiger partial charge on any atom is -1.00 e. The van der Waals surface area contributed by atoms with Gasteiger partial charge in [0, 0.05) is 11.9 Å². The molecule has 1 aromatic heterocycles. The van der Waals surface area contributed by atoms with Gasteiger partial charge in [0.2, 0.25) is 0 Å². The Morgan fingerprint density at radius 1 is 1.13 bits per heavy atom. The van der Waals surface area contributed by atoms with E-state index in [0.29, 0.717) is 5.92 Å². The Morgan fingerprint density at radius 3 is 1.87 bits per heavy atom. The van der Waals surface area contributed by atoms with Gasteiger partial charge in [-0.25, -0.2) is 0 Å². The Morgan fingerprint density at radius 2 is 1.60 bits per heavy atom. The zero-order valence-electron chi connectivity index (χ0n) is 8.39. The molecule has 0 unspecified atom stereocenters. The molecule has 0 aromatic carbocycles. The Kier molecular flexibility index (Phi) is 33.3. The fraction of sp³-hybridized carbons (Fsp3) is 0.333. The summed E-state index contributed by atoms with van der Waals surface area (Å²) in [6.45, 7) is 7.71. The third kappa shape index (κ3) is 9.42. The molecule has 0 aliphatic heterocycles.